The quantitative estimate of drug-likeness (QED) is 0.0272. The first-order chi connectivity index (χ1) is 44.0. The topological polar surface area (TPSA) is 108 Å². The first-order valence-corrected chi connectivity index (χ1v) is 38.7. The van der Waals surface area contributed by atoms with Gasteiger partial charge in [0.1, 0.15) is 13.2 Å². The van der Waals surface area contributed by atoms with E-state index >= 15 is 0 Å². The maximum absolute atomic E-state index is 13.0. The fraction of sp³-hybridized carbons (Fsp3) is 0.691. The lowest BCUT2D eigenvalue weighted by Crippen LogP contribution is -2.45. The van der Waals surface area contributed by atoms with E-state index in [-0.39, 0.29) is 12.5 Å². The summed E-state index contributed by atoms with van der Waals surface area (Å²) in [5.41, 5.74) is 0. The third-order valence-electron chi connectivity index (χ3n) is 16.1. The molecule has 2 N–H and O–H groups in total. The van der Waals surface area contributed by atoms with Crippen LogP contribution in [0.1, 0.15) is 309 Å². The van der Waals surface area contributed by atoms with Crippen molar-refractivity contribution in [2.75, 3.05) is 40.9 Å². The van der Waals surface area contributed by atoms with Gasteiger partial charge in [0, 0.05) is 6.42 Å². The number of allylic oxidation sites excluding steroid dienone is 23. The van der Waals surface area contributed by atoms with E-state index in [1.807, 2.05) is 27.2 Å². The minimum atomic E-state index is -4.63. The largest absolute Gasteiger partial charge is 0.756 e. The molecule has 90 heavy (non-hydrogen) atoms. The molecule has 0 aliphatic carbocycles. The van der Waals surface area contributed by atoms with Crippen LogP contribution in [0.5, 0.6) is 0 Å². The maximum atomic E-state index is 13.0. The normalized spacial score (nSPS) is 14.4. The highest BCUT2D eigenvalue weighted by atomic mass is 31.2. The lowest BCUT2D eigenvalue weighted by atomic mass is 10.0. The highest BCUT2D eigenvalue weighted by Crippen LogP contribution is 2.38. The van der Waals surface area contributed by atoms with E-state index in [4.69, 9.17) is 9.05 Å². The van der Waals surface area contributed by atoms with Gasteiger partial charge in [-0.05, 0) is 103 Å². The third-order valence-corrected chi connectivity index (χ3v) is 17.0. The number of aliphatic hydroxyl groups is 1. The number of carbonyl (C=O) groups excluding carboxylic acids is 1. The van der Waals surface area contributed by atoms with E-state index in [1.54, 1.807) is 6.08 Å². The molecule has 0 aliphatic rings. The van der Waals surface area contributed by atoms with Gasteiger partial charge in [0.25, 0.3) is 7.82 Å². The van der Waals surface area contributed by atoms with Crippen LogP contribution in [0.4, 0.5) is 0 Å². The van der Waals surface area contributed by atoms with Gasteiger partial charge in [-0.3, -0.25) is 9.36 Å². The van der Waals surface area contributed by atoms with Gasteiger partial charge in [-0.2, -0.15) is 0 Å². The van der Waals surface area contributed by atoms with Gasteiger partial charge in [-0.25, -0.2) is 0 Å². The van der Waals surface area contributed by atoms with Gasteiger partial charge in [0.2, 0.25) is 5.91 Å². The molecule has 0 saturated heterocycles. The molecule has 0 aromatic heterocycles. The molecule has 0 radical (unpaired) electrons. The smallest absolute Gasteiger partial charge is 0.268 e. The Morgan fingerprint density at radius 3 is 0.989 bits per heavy atom. The Morgan fingerprint density at radius 2 is 0.678 bits per heavy atom. The summed E-state index contributed by atoms with van der Waals surface area (Å²) in [6, 6.07) is -0.918. The minimum absolute atomic E-state index is 0.0151. The molecule has 0 aromatic carbocycles. The Morgan fingerprint density at radius 1 is 0.400 bits per heavy atom. The van der Waals surface area contributed by atoms with Crippen LogP contribution in [-0.2, 0) is 18.4 Å². The molecule has 1 amide bonds. The number of carbonyl (C=O) groups is 1. The lowest BCUT2D eigenvalue weighted by Gasteiger charge is -2.29. The van der Waals surface area contributed by atoms with Crippen LogP contribution in [0.15, 0.2) is 146 Å². The van der Waals surface area contributed by atoms with Crippen LogP contribution in [0.2, 0.25) is 0 Å². The van der Waals surface area contributed by atoms with E-state index < -0.39 is 26.6 Å². The second-order valence-corrected chi connectivity index (χ2v) is 27.3. The number of amides is 1. The van der Waals surface area contributed by atoms with Crippen LogP contribution < -0.4 is 10.2 Å². The van der Waals surface area contributed by atoms with Crippen LogP contribution in [-0.4, -0.2) is 68.5 Å². The first kappa shape index (κ1) is 86.4. The highest BCUT2D eigenvalue weighted by molar-refractivity contribution is 7.45. The summed E-state index contributed by atoms with van der Waals surface area (Å²) in [5.74, 6) is -0.232. The van der Waals surface area contributed by atoms with Gasteiger partial charge < -0.3 is 28.8 Å². The van der Waals surface area contributed by atoms with Crippen molar-refractivity contribution in [1.29, 1.82) is 0 Å². The molecule has 0 rings (SSSR count). The summed E-state index contributed by atoms with van der Waals surface area (Å²) < 4.78 is 23.5. The first-order valence-electron chi connectivity index (χ1n) is 37.2. The van der Waals surface area contributed by atoms with Crippen molar-refractivity contribution in [2.24, 2.45) is 0 Å². The molecule has 0 fully saturated rings. The molecule has 0 spiro atoms. The highest BCUT2D eigenvalue weighted by Gasteiger charge is 2.23. The van der Waals surface area contributed by atoms with Crippen molar-refractivity contribution in [1.82, 2.24) is 5.32 Å². The van der Waals surface area contributed by atoms with E-state index in [2.05, 4.69) is 153 Å². The summed E-state index contributed by atoms with van der Waals surface area (Å²) in [7, 11) is 1.22. The average molecular weight is 1270 g/mol. The zero-order valence-corrected chi connectivity index (χ0v) is 59.9. The fourth-order valence-corrected chi connectivity index (χ4v) is 11.1. The molecule has 8 nitrogen and oxygen atoms in total. The molecule has 0 bridgehead atoms. The van der Waals surface area contributed by atoms with Gasteiger partial charge in [-0.15, -0.1) is 0 Å². The molecular weight excluding hydrogens is 1130 g/mol. The maximum Gasteiger partial charge on any atom is 0.268 e. The van der Waals surface area contributed by atoms with E-state index in [0.717, 1.165) is 109 Å². The number of likely N-dealkylation sites (N-methyl/N-ethyl adjacent to an activating group) is 1. The molecule has 516 valence electrons. The molecule has 3 unspecified atom stereocenters. The van der Waals surface area contributed by atoms with Gasteiger partial charge >= 0.3 is 0 Å². The van der Waals surface area contributed by atoms with Crippen LogP contribution in [0.3, 0.4) is 0 Å². The predicted molar refractivity (Wildman–Crippen MR) is 394 cm³/mol. The fourth-order valence-electron chi connectivity index (χ4n) is 10.3. The van der Waals surface area contributed by atoms with Gasteiger partial charge in [0.15, 0.2) is 0 Å². The Balaban J connectivity index is 4.18. The number of aliphatic hydroxyl groups excluding tert-OH is 1. The Bertz CT molecular complexity index is 1980. The molecular formula is C81H141N2O6P. The number of hydrogen-bond acceptors (Lipinski definition) is 6. The van der Waals surface area contributed by atoms with Crippen molar-refractivity contribution < 1.29 is 32.9 Å². The second-order valence-electron chi connectivity index (χ2n) is 25.9. The van der Waals surface area contributed by atoms with Crippen molar-refractivity contribution in [3.63, 3.8) is 0 Å². The Labute approximate surface area is 557 Å². The van der Waals surface area contributed by atoms with Crippen molar-refractivity contribution in [3.8, 4) is 0 Å². The summed E-state index contributed by atoms with van der Waals surface area (Å²) >= 11 is 0. The zero-order chi connectivity index (χ0) is 65.5. The number of quaternary nitrogens is 1. The number of phosphoric ester groups is 1. The standard InChI is InChI=1S/C81H141N2O6P/c1-6-8-10-12-14-16-18-20-22-24-26-28-30-32-34-36-38-39-40-41-42-43-45-47-49-51-53-55-57-59-61-63-65-67-69-71-73-75-81(85)82-79(78-89-90(86,87)88-77-76-83(3,4)5)80(84)74-72-70-68-66-64-62-60-58-56-54-52-50-48-46-44-37-35-33-31-29-27-25-23-21-19-17-15-13-11-9-7-2/h8,10,14,16,20,22,26,28,32,34,38-39,41-42,45,47,51,53,57,59,63,65,72,74,79-80,84H,6-7,9,11-13,15,17-19,21,23-25,27,29-31,33,35-37,40,43-44,46,48-50,52,54-56,58,60-62,64,66-71,73,75-78H2,1-5H3,(H-,82,85,86,87)/b10-8-,16-14-,22-20-,28-26-,34-32-,39-38-,42-41-,47-45-,53-51-,59-57-,65-63-,74-72+. The molecule has 0 aliphatic heterocycles. The van der Waals surface area contributed by atoms with Crippen molar-refractivity contribution in [3.05, 3.63) is 146 Å². The molecule has 0 aromatic rings. The predicted octanol–water partition coefficient (Wildman–Crippen LogP) is 23.7. The number of unbranched alkanes of at least 4 members (excludes halogenated alkanes) is 32. The Hall–Kier alpha value is -3.62. The average Bonchev–Trinajstić information content (AvgIpc) is 3.18. The summed E-state index contributed by atoms with van der Waals surface area (Å²) in [6.45, 7) is 4.53. The second kappa shape index (κ2) is 69.7. The van der Waals surface area contributed by atoms with Crippen LogP contribution >= 0.6 is 7.82 Å². The van der Waals surface area contributed by atoms with Crippen molar-refractivity contribution >= 4 is 13.7 Å². The summed E-state index contributed by atoms with van der Waals surface area (Å²) in [5, 5.41) is 14.0. The third kappa shape index (κ3) is 71.8. The number of rotatable bonds is 67. The number of nitrogens with zero attached hydrogens (tertiary/aromatic N) is 1. The zero-order valence-electron chi connectivity index (χ0n) is 59.0. The summed E-state index contributed by atoms with van der Waals surface area (Å²) in [6.07, 6.45) is 107. The van der Waals surface area contributed by atoms with Crippen LogP contribution in [0.25, 0.3) is 0 Å². The van der Waals surface area contributed by atoms with Gasteiger partial charge in [0.05, 0.1) is 39.9 Å². The SMILES string of the molecule is CC/C=C\C/C=C\C/C=C\C/C=C\C/C=C\C/C=C\C/C=C\C/C=C\C/C=C\C/C=C\C/C=C\CCCCCC(=O)NC(COP(=O)([O-])OCC[N+](C)(C)C)C(O)/C=C/CCCCCCCCCCCCCCCCCCCCCCCCCCCCCCC. The molecule has 0 heterocycles. The van der Waals surface area contributed by atoms with E-state index in [0.29, 0.717) is 23.9 Å². The van der Waals surface area contributed by atoms with E-state index in [9.17, 15) is 19.4 Å². The Kier molecular flexibility index (Phi) is 66.9. The van der Waals surface area contributed by atoms with Gasteiger partial charge in [-0.1, -0.05) is 346 Å². The molecule has 3 atom stereocenters. The lowest BCUT2D eigenvalue weighted by molar-refractivity contribution is -0.870. The molecule has 9 heteroatoms. The number of nitrogens with one attached hydrogen (secondary N) is 1. The minimum Gasteiger partial charge on any atom is -0.756 e. The van der Waals surface area contributed by atoms with Crippen molar-refractivity contribution in [2.45, 2.75) is 321 Å². The van der Waals surface area contributed by atoms with E-state index in [1.165, 1.54) is 173 Å². The molecule has 0 saturated carbocycles. The number of phosphoric acid groups is 1. The monoisotopic (exact) mass is 1270 g/mol. The van der Waals surface area contributed by atoms with Crippen LogP contribution in [0, 0.1) is 0 Å². The summed E-state index contributed by atoms with van der Waals surface area (Å²) in [4.78, 5) is 25.7. The number of hydrogen-bond donors (Lipinski definition) is 2.